The van der Waals surface area contributed by atoms with Crippen LogP contribution >= 0.6 is 0 Å². The van der Waals surface area contributed by atoms with E-state index in [2.05, 4.69) is 4.18 Å². The van der Waals surface area contributed by atoms with Crippen LogP contribution in [0.25, 0.3) is 0 Å². The third-order valence-electron chi connectivity index (χ3n) is 1.84. The number of aromatic nitrogens is 1. The highest BCUT2D eigenvalue weighted by Crippen LogP contribution is 1.93. The van der Waals surface area contributed by atoms with Crippen LogP contribution in [-0.2, 0) is 20.8 Å². The van der Waals surface area contributed by atoms with Gasteiger partial charge in [0.05, 0.1) is 12.9 Å². The maximum absolute atomic E-state index is 11.0. The van der Waals surface area contributed by atoms with E-state index in [1.807, 2.05) is 35.2 Å². The first-order valence-electron chi connectivity index (χ1n) is 4.98. The molecule has 0 aromatic carbocycles. The monoisotopic (exact) mass is 315 g/mol. The molecule has 0 saturated heterocycles. The fraction of sp³-hybridized carbons (Fsp3) is 0.444. The zero-order valence-electron chi connectivity index (χ0n) is 10.1. The maximum Gasteiger partial charge on any atom is 0.267 e. The quantitative estimate of drug-likeness (QED) is 0.394. The van der Waals surface area contributed by atoms with Gasteiger partial charge in [0.1, 0.15) is 6.54 Å². The fourth-order valence-electron chi connectivity index (χ4n) is 1.09. The molecule has 110 valence electrons. The van der Waals surface area contributed by atoms with Gasteiger partial charge in [-0.15, -0.1) is 10.2 Å². The molecule has 0 aliphatic carbocycles. The van der Waals surface area contributed by atoms with Crippen molar-refractivity contribution in [2.45, 2.75) is 13.0 Å². The second-order valence-corrected chi connectivity index (χ2v) is 5.89. The van der Waals surface area contributed by atoms with Gasteiger partial charge in [0.25, 0.3) is 10.1 Å². The van der Waals surface area contributed by atoms with Crippen LogP contribution in [0, 0.1) is 10.2 Å². The Morgan fingerprint density at radius 3 is 2.00 bits per heavy atom. The van der Waals surface area contributed by atoms with E-state index in [1.165, 1.54) is 7.11 Å². The molecule has 1 rings (SSSR count). The van der Waals surface area contributed by atoms with Crippen molar-refractivity contribution < 1.29 is 46.0 Å². The number of halogens is 1. The van der Waals surface area contributed by atoms with E-state index in [0.29, 0.717) is 13.0 Å². The van der Waals surface area contributed by atoms with E-state index >= 15 is 0 Å². The number of pyridine rings is 1. The Bertz CT molecular complexity index is 439. The molecule has 0 saturated carbocycles. The van der Waals surface area contributed by atoms with E-state index in [-0.39, 0.29) is 5.75 Å². The number of hydrogen-bond acceptors (Lipinski definition) is 7. The summed E-state index contributed by atoms with van der Waals surface area (Å²) in [5.41, 5.74) is 0. The van der Waals surface area contributed by atoms with Crippen molar-refractivity contribution in [1.29, 1.82) is 0 Å². The second kappa shape index (κ2) is 8.38. The van der Waals surface area contributed by atoms with Crippen molar-refractivity contribution in [2.24, 2.45) is 0 Å². The Balaban J connectivity index is 0.000000555. The molecule has 0 spiro atoms. The average molecular weight is 316 g/mol. The van der Waals surface area contributed by atoms with Crippen LogP contribution in [-0.4, -0.2) is 21.3 Å². The van der Waals surface area contributed by atoms with E-state index in [0.717, 1.165) is 0 Å². The molecule has 0 bridgehead atoms. The summed E-state index contributed by atoms with van der Waals surface area (Å²) in [6.07, 6.45) is 4.36. The molecule has 10 heteroatoms. The molecule has 0 aliphatic heterocycles. The molecule has 0 aliphatic rings. The number of aryl methyl sites for hydroxylation is 1. The van der Waals surface area contributed by atoms with Crippen LogP contribution < -0.4 is 23.2 Å². The Morgan fingerprint density at radius 2 is 1.58 bits per heavy atom. The Kier molecular flexibility index (Phi) is 8.02. The van der Waals surface area contributed by atoms with E-state index in [4.69, 9.17) is 18.6 Å². The summed E-state index contributed by atoms with van der Waals surface area (Å²) in [4.78, 5) is 0. The third-order valence-corrected chi connectivity index (χ3v) is 3.14. The predicted molar refractivity (Wildman–Crippen MR) is 52.0 cm³/mol. The summed E-state index contributed by atoms with van der Waals surface area (Å²) in [6.45, 7) is 0.684. The van der Waals surface area contributed by atoms with Crippen LogP contribution in [0.4, 0.5) is 0 Å². The minimum Gasteiger partial charge on any atom is -0.273 e. The molecular weight excluding hydrogens is 302 g/mol. The Morgan fingerprint density at radius 1 is 1.11 bits per heavy atom. The molecule has 19 heavy (non-hydrogen) atoms. The smallest absolute Gasteiger partial charge is 0.267 e. The second-order valence-electron chi connectivity index (χ2n) is 3.27. The molecule has 0 unspecified atom stereocenters. The number of rotatable bonds is 5. The van der Waals surface area contributed by atoms with Crippen molar-refractivity contribution in [3.63, 3.8) is 0 Å². The molecule has 1 aromatic heterocycles. The molecule has 8 nitrogen and oxygen atoms in total. The molecule has 0 fully saturated rings. The summed E-state index contributed by atoms with van der Waals surface area (Å²) in [5.74, 6) is 0.0609. The van der Waals surface area contributed by atoms with E-state index in [9.17, 15) is 8.42 Å². The molecular formula is C9H14ClNO7S. The van der Waals surface area contributed by atoms with Gasteiger partial charge in [-0.2, -0.15) is 8.42 Å². The van der Waals surface area contributed by atoms with Gasteiger partial charge in [-0.25, -0.2) is 23.2 Å². The van der Waals surface area contributed by atoms with Gasteiger partial charge >= 0.3 is 0 Å². The lowest BCUT2D eigenvalue weighted by Gasteiger charge is -2.17. The average Bonchev–Trinajstić information content (AvgIpc) is 2.28. The van der Waals surface area contributed by atoms with Crippen molar-refractivity contribution >= 4 is 10.1 Å². The van der Waals surface area contributed by atoms with Gasteiger partial charge in [-0.05, 0) is 0 Å². The van der Waals surface area contributed by atoms with Gasteiger partial charge in [0.2, 0.25) is 0 Å². The lowest BCUT2D eigenvalue weighted by atomic mass is 10.4. The van der Waals surface area contributed by atoms with E-state index < -0.39 is 20.4 Å². The summed E-state index contributed by atoms with van der Waals surface area (Å²) in [6, 6.07) is 5.73. The highest BCUT2D eigenvalue weighted by Gasteiger charge is 2.09. The zero-order chi connectivity index (χ0) is 14.9. The first-order valence-corrected chi connectivity index (χ1v) is 7.79. The van der Waals surface area contributed by atoms with Gasteiger partial charge in [0, 0.05) is 18.6 Å². The first-order chi connectivity index (χ1) is 8.64. The SMILES string of the molecule is COS(=O)(=O)CCC[n+]1ccccc1.[O-][Cl+3]([O-])([O-])[O-]. The largest absolute Gasteiger partial charge is 0.273 e. The first kappa shape index (κ1) is 18.2. The standard InChI is InChI=1S/C9H14NO3S.ClHO4/c1-13-14(11,12)9-5-8-10-6-3-2-4-7-10;2-1(3,4)5/h2-4,6-7H,5,8-9H2,1H3;(H,2,3,4,5)/q+1;/p-1. The topological polar surface area (TPSA) is 139 Å². The van der Waals surface area contributed by atoms with E-state index in [1.54, 1.807) is 0 Å². The van der Waals surface area contributed by atoms with Gasteiger partial charge < -0.3 is 0 Å². The minimum atomic E-state index is -4.94. The highest BCUT2D eigenvalue weighted by atomic mass is 35.7. The van der Waals surface area contributed by atoms with Crippen LogP contribution in [0.3, 0.4) is 0 Å². The lowest BCUT2D eigenvalue weighted by Crippen LogP contribution is -2.68. The summed E-state index contributed by atoms with van der Waals surface area (Å²) >= 11 is 0. The molecule has 0 amide bonds. The Labute approximate surface area is 113 Å². The number of hydrogen-bond donors (Lipinski definition) is 0. The van der Waals surface area contributed by atoms with Crippen molar-refractivity contribution in [3.8, 4) is 0 Å². The minimum absolute atomic E-state index is 0.0609. The third kappa shape index (κ3) is 13.4. The van der Waals surface area contributed by atoms with Gasteiger partial charge in [-0.3, -0.25) is 4.18 Å². The van der Waals surface area contributed by atoms with Crippen molar-refractivity contribution in [1.82, 2.24) is 0 Å². The van der Waals surface area contributed by atoms with Crippen molar-refractivity contribution in [3.05, 3.63) is 30.6 Å². The predicted octanol–water partition coefficient (Wildman–Crippen LogP) is -4.42. The van der Waals surface area contributed by atoms with Crippen LogP contribution in [0.1, 0.15) is 6.42 Å². The molecule has 1 heterocycles. The molecule has 0 atom stereocenters. The normalized spacial score (nSPS) is 11.6. The molecule has 0 N–H and O–H groups in total. The van der Waals surface area contributed by atoms with Crippen LogP contribution in [0.15, 0.2) is 30.6 Å². The van der Waals surface area contributed by atoms with Crippen LogP contribution in [0.5, 0.6) is 0 Å². The molecule has 1 aromatic rings. The number of nitrogens with zero attached hydrogens (tertiary/aromatic N) is 1. The fourth-order valence-corrected chi connectivity index (χ4v) is 1.74. The Hall–Kier alpha value is -0.810. The maximum atomic E-state index is 11.0. The van der Waals surface area contributed by atoms with Gasteiger partial charge in [-0.1, -0.05) is 6.07 Å². The summed E-state index contributed by atoms with van der Waals surface area (Å²) in [7, 11) is -7.06. The summed E-state index contributed by atoms with van der Waals surface area (Å²) in [5, 5.41) is 0. The summed E-state index contributed by atoms with van der Waals surface area (Å²) < 4.78 is 62.2. The van der Waals surface area contributed by atoms with Crippen LogP contribution in [0.2, 0.25) is 0 Å². The van der Waals surface area contributed by atoms with Crippen molar-refractivity contribution in [2.75, 3.05) is 12.9 Å². The lowest BCUT2D eigenvalue weighted by molar-refractivity contribution is -2.00. The molecule has 0 radical (unpaired) electrons. The highest BCUT2D eigenvalue weighted by molar-refractivity contribution is 7.86. The van der Waals surface area contributed by atoms with Gasteiger partial charge in [0.15, 0.2) is 12.4 Å². The zero-order valence-corrected chi connectivity index (χ0v) is 11.7.